The molecule has 0 radical (unpaired) electrons. The predicted octanol–water partition coefficient (Wildman–Crippen LogP) is 2.90. The number of amides is 2. The minimum absolute atomic E-state index is 0.00536. The van der Waals surface area contributed by atoms with Crippen LogP contribution in [0.3, 0.4) is 0 Å². The monoisotopic (exact) mass is 442 g/mol. The Morgan fingerprint density at radius 2 is 2.17 bits per heavy atom. The molecule has 2 aromatic heterocycles. The van der Waals surface area contributed by atoms with Crippen LogP contribution in [0.15, 0.2) is 34.8 Å². The van der Waals surface area contributed by atoms with E-state index in [1.165, 1.54) is 22.2 Å². The molecule has 0 atom stereocenters. The number of aromatic nitrogens is 4. The molecule has 3 heterocycles. The highest BCUT2D eigenvalue weighted by Crippen LogP contribution is 2.27. The fourth-order valence-corrected chi connectivity index (χ4v) is 5.06. The van der Waals surface area contributed by atoms with Gasteiger partial charge in [-0.05, 0) is 58.5 Å². The lowest BCUT2D eigenvalue weighted by atomic mass is 10.0. The lowest BCUT2D eigenvalue weighted by Crippen LogP contribution is -2.35. The van der Waals surface area contributed by atoms with Crippen molar-refractivity contribution in [1.29, 1.82) is 0 Å². The number of nitrogens with one attached hydrogen (secondary N) is 1. The van der Waals surface area contributed by atoms with E-state index in [0.717, 1.165) is 18.5 Å². The van der Waals surface area contributed by atoms with Gasteiger partial charge in [0.25, 0.3) is 5.91 Å². The average molecular weight is 443 g/mol. The second kappa shape index (κ2) is 8.97. The standard InChI is InChI=1S/C20H22N6O2S2/c1-13-15(19(28)26-9-6-17-14(12-26)7-10-29-17)4-3-5-16(13)21-18(27)8-11-30-20-22-23-24-25(20)2/h3-5,7,10H,6,8-9,11-12H2,1-2H3,(H,21,27). The van der Waals surface area contributed by atoms with Crippen LogP contribution >= 0.6 is 23.1 Å². The third-order valence-corrected chi connectivity index (χ3v) is 7.11. The molecule has 1 aromatic carbocycles. The van der Waals surface area contributed by atoms with Gasteiger partial charge in [0.1, 0.15) is 0 Å². The molecule has 10 heteroatoms. The first kappa shape index (κ1) is 20.5. The van der Waals surface area contributed by atoms with Crippen LogP contribution in [0.25, 0.3) is 0 Å². The van der Waals surface area contributed by atoms with Crippen molar-refractivity contribution < 1.29 is 9.59 Å². The number of carbonyl (C=O) groups excluding carboxylic acids is 2. The van der Waals surface area contributed by atoms with Crippen molar-refractivity contribution in [3.05, 3.63) is 51.2 Å². The van der Waals surface area contributed by atoms with Gasteiger partial charge in [-0.15, -0.1) is 16.4 Å². The van der Waals surface area contributed by atoms with Gasteiger partial charge in [0.2, 0.25) is 11.1 Å². The molecule has 1 aliphatic heterocycles. The topological polar surface area (TPSA) is 93.0 Å². The van der Waals surface area contributed by atoms with Gasteiger partial charge in [-0.25, -0.2) is 4.68 Å². The molecule has 0 unspecified atom stereocenters. The molecule has 2 amide bonds. The Bertz CT molecular complexity index is 1080. The van der Waals surface area contributed by atoms with Crippen molar-refractivity contribution in [3.63, 3.8) is 0 Å². The number of hydrogen-bond donors (Lipinski definition) is 1. The summed E-state index contributed by atoms with van der Waals surface area (Å²) in [6, 6.07) is 7.57. The maximum atomic E-state index is 13.1. The van der Waals surface area contributed by atoms with E-state index in [4.69, 9.17) is 0 Å². The van der Waals surface area contributed by atoms with Crippen molar-refractivity contribution in [3.8, 4) is 0 Å². The van der Waals surface area contributed by atoms with E-state index in [-0.39, 0.29) is 11.8 Å². The van der Waals surface area contributed by atoms with Gasteiger partial charge in [0.15, 0.2) is 0 Å². The maximum Gasteiger partial charge on any atom is 0.254 e. The molecular weight excluding hydrogens is 420 g/mol. The number of carbonyl (C=O) groups is 2. The lowest BCUT2D eigenvalue weighted by Gasteiger charge is -2.28. The SMILES string of the molecule is Cc1c(NC(=O)CCSc2nnnn2C)cccc1C(=O)N1CCc2sccc2C1. The van der Waals surface area contributed by atoms with E-state index in [1.807, 2.05) is 30.0 Å². The molecule has 3 aromatic rings. The Morgan fingerprint density at radius 3 is 2.97 bits per heavy atom. The number of nitrogens with zero attached hydrogens (tertiary/aromatic N) is 5. The molecule has 0 spiro atoms. The number of benzene rings is 1. The largest absolute Gasteiger partial charge is 0.334 e. The number of thiophene rings is 1. The third-order valence-electron chi connectivity index (χ3n) is 5.07. The Balaban J connectivity index is 1.38. The predicted molar refractivity (Wildman–Crippen MR) is 117 cm³/mol. The first-order chi connectivity index (χ1) is 14.5. The molecule has 0 saturated heterocycles. The molecule has 1 aliphatic rings. The number of fused-ring (bicyclic) bond motifs is 1. The zero-order valence-corrected chi connectivity index (χ0v) is 18.4. The van der Waals surface area contributed by atoms with Gasteiger partial charge in [-0.1, -0.05) is 17.8 Å². The minimum Gasteiger partial charge on any atom is -0.334 e. The quantitative estimate of drug-likeness (QED) is 0.590. The molecular formula is C20H22N6O2S2. The van der Waals surface area contributed by atoms with Gasteiger partial charge >= 0.3 is 0 Å². The highest BCUT2D eigenvalue weighted by molar-refractivity contribution is 7.99. The number of hydrogen-bond acceptors (Lipinski definition) is 7. The molecule has 0 fully saturated rings. The number of tetrazole rings is 1. The highest BCUT2D eigenvalue weighted by atomic mass is 32.2. The summed E-state index contributed by atoms with van der Waals surface area (Å²) in [5, 5.41) is 16.9. The van der Waals surface area contributed by atoms with Crippen molar-refractivity contribution in [2.24, 2.45) is 7.05 Å². The van der Waals surface area contributed by atoms with Gasteiger partial charge in [-0.2, -0.15) is 0 Å². The zero-order valence-electron chi connectivity index (χ0n) is 16.8. The Hall–Kier alpha value is -2.72. The molecule has 4 rings (SSSR count). The van der Waals surface area contributed by atoms with Crippen LogP contribution in [0.1, 0.15) is 32.8 Å². The average Bonchev–Trinajstić information content (AvgIpc) is 3.37. The lowest BCUT2D eigenvalue weighted by molar-refractivity contribution is -0.115. The Kier molecular flexibility index (Phi) is 6.14. The van der Waals surface area contributed by atoms with Gasteiger partial charge in [0, 0.05) is 48.4 Å². The van der Waals surface area contributed by atoms with E-state index in [2.05, 4.69) is 32.3 Å². The summed E-state index contributed by atoms with van der Waals surface area (Å²) in [7, 11) is 1.76. The Morgan fingerprint density at radius 1 is 1.30 bits per heavy atom. The smallest absolute Gasteiger partial charge is 0.254 e. The van der Waals surface area contributed by atoms with E-state index in [9.17, 15) is 9.59 Å². The Labute approximate surface area is 182 Å². The molecule has 0 saturated carbocycles. The number of rotatable bonds is 6. The number of aryl methyl sites for hydroxylation is 1. The summed E-state index contributed by atoms with van der Waals surface area (Å²) < 4.78 is 1.57. The van der Waals surface area contributed by atoms with Crippen LogP contribution in [0.4, 0.5) is 5.69 Å². The van der Waals surface area contributed by atoms with Crippen molar-refractivity contribution in [2.45, 2.75) is 31.5 Å². The van der Waals surface area contributed by atoms with Gasteiger partial charge < -0.3 is 10.2 Å². The molecule has 8 nitrogen and oxygen atoms in total. The normalized spacial score (nSPS) is 13.2. The molecule has 0 bridgehead atoms. The maximum absolute atomic E-state index is 13.1. The van der Waals surface area contributed by atoms with Gasteiger partial charge in [0.05, 0.1) is 0 Å². The van der Waals surface area contributed by atoms with Crippen LogP contribution in [-0.2, 0) is 24.8 Å². The first-order valence-electron chi connectivity index (χ1n) is 9.62. The van der Waals surface area contributed by atoms with Gasteiger partial charge in [-0.3, -0.25) is 9.59 Å². The summed E-state index contributed by atoms with van der Waals surface area (Å²) in [4.78, 5) is 28.8. The zero-order chi connectivity index (χ0) is 21.1. The first-order valence-corrected chi connectivity index (χ1v) is 11.5. The van der Waals surface area contributed by atoms with Crippen LogP contribution in [0, 0.1) is 6.92 Å². The number of anilines is 1. The third kappa shape index (κ3) is 4.39. The fraction of sp³-hybridized carbons (Fsp3) is 0.350. The molecule has 30 heavy (non-hydrogen) atoms. The van der Waals surface area contributed by atoms with E-state index in [1.54, 1.807) is 23.1 Å². The van der Waals surface area contributed by atoms with Crippen LogP contribution in [0.2, 0.25) is 0 Å². The molecule has 0 aliphatic carbocycles. The summed E-state index contributed by atoms with van der Waals surface area (Å²) in [6.45, 7) is 3.24. The van der Waals surface area contributed by atoms with Crippen LogP contribution < -0.4 is 5.32 Å². The van der Waals surface area contributed by atoms with Crippen LogP contribution in [-0.4, -0.2) is 49.2 Å². The van der Waals surface area contributed by atoms with Crippen molar-refractivity contribution >= 4 is 40.6 Å². The van der Waals surface area contributed by atoms with E-state index >= 15 is 0 Å². The fourth-order valence-electron chi connectivity index (χ4n) is 3.39. The minimum atomic E-state index is -0.105. The summed E-state index contributed by atoms with van der Waals surface area (Å²) in [5.74, 6) is 0.464. The van der Waals surface area contributed by atoms with Crippen molar-refractivity contribution in [1.82, 2.24) is 25.1 Å². The number of thioether (sulfide) groups is 1. The van der Waals surface area contributed by atoms with Crippen molar-refractivity contribution in [2.75, 3.05) is 17.6 Å². The van der Waals surface area contributed by atoms with E-state index in [0.29, 0.717) is 35.1 Å². The molecule has 156 valence electrons. The van der Waals surface area contributed by atoms with Crippen LogP contribution in [0.5, 0.6) is 0 Å². The second-order valence-corrected chi connectivity index (χ2v) is 9.12. The molecule has 1 N–H and O–H groups in total. The summed E-state index contributed by atoms with van der Waals surface area (Å²) in [5.41, 5.74) is 3.32. The highest BCUT2D eigenvalue weighted by Gasteiger charge is 2.24. The second-order valence-electron chi connectivity index (χ2n) is 7.06. The summed E-state index contributed by atoms with van der Waals surface area (Å²) in [6.07, 6.45) is 1.22. The van der Waals surface area contributed by atoms with E-state index < -0.39 is 0 Å². The summed E-state index contributed by atoms with van der Waals surface area (Å²) >= 11 is 3.18.